The van der Waals surface area contributed by atoms with Crippen LogP contribution in [0.1, 0.15) is 112 Å². The first kappa shape index (κ1) is 46.7. The van der Waals surface area contributed by atoms with E-state index >= 15 is 0 Å². The lowest BCUT2D eigenvalue weighted by molar-refractivity contribution is -0.139. The van der Waals surface area contributed by atoms with Crippen molar-refractivity contribution in [3.63, 3.8) is 0 Å². The van der Waals surface area contributed by atoms with Crippen molar-refractivity contribution in [1.29, 1.82) is 0 Å². The average molecular weight is 846 g/mol. The van der Waals surface area contributed by atoms with E-state index in [2.05, 4.69) is 32.8 Å². The van der Waals surface area contributed by atoms with E-state index in [1.807, 2.05) is 64.1 Å². The number of alkyl carbamates (subject to hydrolysis) is 2. The second-order valence-electron chi connectivity index (χ2n) is 17.2. The van der Waals surface area contributed by atoms with Gasteiger partial charge in [0.05, 0.1) is 25.3 Å². The van der Waals surface area contributed by atoms with Gasteiger partial charge in [-0.2, -0.15) is 0 Å². The van der Waals surface area contributed by atoms with Crippen molar-refractivity contribution in [1.82, 2.24) is 25.0 Å². The minimum atomic E-state index is -0.828. The summed E-state index contributed by atoms with van der Waals surface area (Å²) in [5.74, 6) is -1.63. The number of benzene rings is 2. The van der Waals surface area contributed by atoms with E-state index in [9.17, 15) is 28.8 Å². The molecule has 2 saturated heterocycles. The Bertz CT molecular complexity index is 1900. The Labute approximate surface area is 360 Å². The maximum Gasteiger partial charge on any atom is 0.407 e. The third kappa shape index (κ3) is 11.5. The van der Waals surface area contributed by atoms with Gasteiger partial charge in [-0.3, -0.25) is 19.2 Å². The molecule has 5 rings (SSSR count). The molecule has 15 heteroatoms. The van der Waals surface area contributed by atoms with E-state index in [0.29, 0.717) is 50.1 Å². The highest BCUT2D eigenvalue weighted by molar-refractivity contribution is 6.11. The van der Waals surface area contributed by atoms with E-state index in [1.165, 1.54) is 46.3 Å². The normalized spacial score (nSPS) is 17.5. The molecule has 4 N–H and O–H groups in total. The van der Waals surface area contributed by atoms with Crippen molar-refractivity contribution in [3.05, 3.63) is 36.4 Å². The molecule has 0 spiro atoms. The molecule has 2 aromatic carbocycles. The van der Waals surface area contributed by atoms with Crippen molar-refractivity contribution in [3.8, 4) is 0 Å². The molecule has 4 atom stereocenters. The number of nitrogens with zero attached hydrogens (tertiary/aromatic N) is 3. The van der Waals surface area contributed by atoms with Gasteiger partial charge in [0, 0.05) is 41.8 Å². The Hall–Kier alpha value is -5.34. The molecule has 3 heterocycles. The van der Waals surface area contributed by atoms with Crippen molar-refractivity contribution < 1.29 is 38.2 Å². The minimum absolute atomic E-state index is 0.212. The SMILES string of the molecule is CCCCCCCCCCn1c2cc(NC(=O)[C@@H]3CCCN3C(=O)C(NC(=O)OC)C(C)C)ccc2c2ccc(NC(=O)[C@@H]3CCCN3C(=O)[C@H](NC(=O)OC)C(C)C)cc21. The van der Waals surface area contributed by atoms with Crippen LogP contribution in [0.15, 0.2) is 36.4 Å². The number of ether oxygens (including phenoxy) is 2. The molecule has 0 aliphatic carbocycles. The summed E-state index contributed by atoms with van der Waals surface area (Å²) in [5.41, 5.74) is 3.08. The van der Waals surface area contributed by atoms with Gasteiger partial charge in [0.1, 0.15) is 24.2 Å². The lowest BCUT2D eigenvalue weighted by atomic mass is 10.0. The first-order valence-corrected chi connectivity index (χ1v) is 22.3. The fraction of sp³-hybridized carbons (Fsp3) is 0.609. The van der Waals surface area contributed by atoms with Crippen LogP contribution in [-0.4, -0.2) is 102 Å². The van der Waals surface area contributed by atoms with E-state index in [-0.39, 0.29) is 35.5 Å². The predicted molar refractivity (Wildman–Crippen MR) is 237 cm³/mol. The number of fused-ring (bicyclic) bond motifs is 3. The standard InChI is InChI=1S/C46H67N7O8/c1-8-9-10-11-12-13-14-15-24-51-37-27-31(47-41(54)35-18-16-25-52(35)43(56)39(29(2)3)49-45(58)60-6)20-22-33(37)34-23-21-32(28-38(34)51)48-42(55)36-19-17-26-53(36)44(57)40(30(4)5)50-46(59)61-7/h20-23,27-30,35-36,39-40H,8-19,24-26H2,1-7H3,(H,47,54)(H,48,55)(H,49,58)(H,50,59)/t35-,36-,39+,40?/m0/s1. The lowest BCUT2D eigenvalue weighted by Gasteiger charge is -2.30. The molecule has 3 aromatic rings. The number of carbonyl (C=O) groups is 6. The average Bonchev–Trinajstić information content (AvgIpc) is 4.00. The van der Waals surface area contributed by atoms with Gasteiger partial charge in [0.25, 0.3) is 0 Å². The van der Waals surface area contributed by atoms with Gasteiger partial charge >= 0.3 is 12.2 Å². The number of anilines is 2. The molecular formula is C46H67N7O8. The highest BCUT2D eigenvalue weighted by atomic mass is 16.5. The van der Waals surface area contributed by atoms with Crippen molar-refractivity contribution in [2.75, 3.05) is 37.9 Å². The molecule has 2 aliphatic rings. The zero-order valence-electron chi connectivity index (χ0n) is 37.1. The third-order valence-electron chi connectivity index (χ3n) is 12.1. The lowest BCUT2D eigenvalue weighted by Crippen LogP contribution is -2.54. The zero-order chi connectivity index (χ0) is 44.2. The number of methoxy groups -OCH3 is 2. The highest BCUT2D eigenvalue weighted by Crippen LogP contribution is 2.34. The highest BCUT2D eigenvalue weighted by Gasteiger charge is 2.40. The van der Waals surface area contributed by atoms with Crippen LogP contribution in [0.3, 0.4) is 0 Å². The maximum atomic E-state index is 13.9. The van der Waals surface area contributed by atoms with Crippen LogP contribution in [0.2, 0.25) is 0 Å². The number of nitrogens with one attached hydrogen (secondary N) is 4. The fourth-order valence-corrected chi connectivity index (χ4v) is 8.71. The number of hydrogen-bond acceptors (Lipinski definition) is 8. The van der Waals surface area contributed by atoms with Crippen LogP contribution in [0.5, 0.6) is 0 Å². The molecule has 15 nitrogen and oxygen atoms in total. The van der Waals surface area contributed by atoms with Crippen LogP contribution in [0, 0.1) is 11.8 Å². The molecule has 0 radical (unpaired) electrons. The predicted octanol–water partition coefficient (Wildman–Crippen LogP) is 7.56. The van der Waals surface area contributed by atoms with E-state index in [1.54, 1.807) is 9.80 Å². The summed E-state index contributed by atoms with van der Waals surface area (Å²) in [7, 11) is 2.50. The summed E-state index contributed by atoms with van der Waals surface area (Å²) in [4.78, 5) is 82.3. The number of likely N-dealkylation sites (tertiary alicyclic amines) is 2. The van der Waals surface area contributed by atoms with E-state index in [0.717, 1.165) is 47.6 Å². The number of carbonyl (C=O) groups excluding carboxylic acids is 6. The van der Waals surface area contributed by atoms with E-state index < -0.39 is 36.4 Å². The summed E-state index contributed by atoms with van der Waals surface area (Å²) in [6.07, 6.45) is 10.3. The number of amides is 6. The molecular weight excluding hydrogens is 779 g/mol. The van der Waals surface area contributed by atoms with Gasteiger partial charge in [-0.1, -0.05) is 91.7 Å². The molecule has 2 fully saturated rings. The summed E-state index contributed by atoms with van der Waals surface area (Å²) >= 11 is 0. The van der Waals surface area contributed by atoms with Crippen LogP contribution >= 0.6 is 0 Å². The molecule has 1 unspecified atom stereocenters. The van der Waals surface area contributed by atoms with Crippen molar-refractivity contribution in [2.24, 2.45) is 11.8 Å². The van der Waals surface area contributed by atoms with E-state index in [4.69, 9.17) is 9.47 Å². The number of aromatic nitrogens is 1. The van der Waals surface area contributed by atoms with Gasteiger partial charge < -0.3 is 45.1 Å². The second kappa shape index (κ2) is 22.0. The fourth-order valence-electron chi connectivity index (χ4n) is 8.71. The Kier molecular flexibility index (Phi) is 16.8. The van der Waals surface area contributed by atoms with Gasteiger partial charge in [-0.25, -0.2) is 9.59 Å². The Balaban J connectivity index is 1.39. The molecule has 2 aliphatic heterocycles. The van der Waals surface area contributed by atoms with Crippen molar-refractivity contribution >= 4 is 69.0 Å². The van der Waals surface area contributed by atoms with Gasteiger partial charge in [0.15, 0.2) is 0 Å². The largest absolute Gasteiger partial charge is 0.453 e. The Morgan fingerprint density at radius 2 is 1.03 bits per heavy atom. The number of unbranched alkanes of at least 4 members (excludes halogenated alkanes) is 7. The molecule has 1 aromatic heterocycles. The van der Waals surface area contributed by atoms with Crippen LogP contribution in [-0.2, 0) is 35.2 Å². The first-order valence-electron chi connectivity index (χ1n) is 22.3. The zero-order valence-corrected chi connectivity index (χ0v) is 37.1. The second-order valence-corrected chi connectivity index (χ2v) is 17.2. The molecule has 6 amide bonds. The molecule has 61 heavy (non-hydrogen) atoms. The topological polar surface area (TPSA) is 180 Å². The number of hydrogen-bond donors (Lipinski definition) is 4. The summed E-state index contributed by atoms with van der Waals surface area (Å²) in [6.45, 7) is 11.1. The smallest absolute Gasteiger partial charge is 0.407 e. The van der Waals surface area contributed by atoms with Crippen LogP contribution in [0.4, 0.5) is 21.0 Å². The number of rotatable bonds is 19. The number of aryl methyl sites for hydroxylation is 1. The van der Waals surface area contributed by atoms with Gasteiger partial charge in [-0.05, 0) is 68.2 Å². The quantitative estimate of drug-likeness (QED) is 0.0893. The first-order chi connectivity index (χ1) is 29.3. The summed E-state index contributed by atoms with van der Waals surface area (Å²) in [5, 5.41) is 13.4. The monoisotopic (exact) mass is 846 g/mol. The molecule has 334 valence electrons. The Morgan fingerprint density at radius 1 is 0.623 bits per heavy atom. The maximum absolute atomic E-state index is 13.9. The summed E-state index contributed by atoms with van der Waals surface area (Å²) < 4.78 is 11.8. The Morgan fingerprint density at radius 3 is 1.43 bits per heavy atom. The molecule has 0 bridgehead atoms. The molecule has 0 saturated carbocycles. The third-order valence-corrected chi connectivity index (χ3v) is 12.1. The van der Waals surface area contributed by atoms with Crippen LogP contribution < -0.4 is 21.3 Å². The van der Waals surface area contributed by atoms with Gasteiger partial charge in [0.2, 0.25) is 23.6 Å². The van der Waals surface area contributed by atoms with Crippen LogP contribution in [0.25, 0.3) is 21.8 Å². The summed E-state index contributed by atoms with van der Waals surface area (Å²) in [6, 6.07) is 8.66. The van der Waals surface area contributed by atoms with Crippen molar-refractivity contribution in [2.45, 2.75) is 142 Å². The van der Waals surface area contributed by atoms with Gasteiger partial charge in [-0.15, -0.1) is 0 Å². The minimum Gasteiger partial charge on any atom is -0.453 e.